The minimum atomic E-state index is 0.568. The van der Waals surface area contributed by atoms with Crippen LogP contribution in [0.15, 0.2) is 53.8 Å². The molecule has 3 rings (SSSR count). The summed E-state index contributed by atoms with van der Waals surface area (Å²) in [5.41, 5.74) is 2.34. The zero-order valence-electron chi connectivity index (χ0n) is 14.5. The molecule has 1 N–H and O–H groups in total. The number of aryl methyl sites for hydroxylation is 1. The molecule has 26 heavy (non-hydrogen) atoms. The van der Waals surface area contributed by atoms with Crippen LogP contribution >= 0.6 is 0 Å². The summed E-state index contributed by atoms with van der Waals surface area (Å²) in [7, 11) is 0. The van der Waals surface area contributed by atoms with Crippen LogP contribution in [0.5, 0.6) is 0 Å². The van der Waals surface area contributed by atoms with E-state index < -0.39 is 0 Å². The number of oxime groups is 1. The minimum Gasteiger partial charge on any atom is -0.395 e. The molecule has 0 radical (unpaired) electrons. The first-order chi connectivity index (χ1) is 12.9. The van der Waals surface area contributed by atoms with Crippen LogP contribution in [-0.2, 0) is 11.3 Å². The average molecular weight is 351 g/mol. The Kier molecular flexibility index (Phi) is 6.77. The Bertz CT molecular complexity index is 734. The van der Waals surface area contributed by atoms with Crippen LogP contribution in [0.2, 0.25) is 0 Å². The fourth-order valence-electron chi connectivity index (χ4n) is 2.47. The molecule has 0 saturated carbocycles. The predicted octanol–water partition coefficient (Wildman–Crippen LogP) is 2.56. The fourth-order valence-corrected chi connectivity index (χ4v) is 2.47. The first-order valence-electron chi connectivity index (χ1n) is 8.69. The van der Waals surface area contributed by atoms with Gasteiger partial charge < -0.3 is 4.84 Å². The number of rotatable bonds is 10. The Morgan fingerprint density at radius 1 is 0.962 bits per heavy atom. The van der Waals surface area contributed by atoms with Gasteiger partial charge in [0.25, 0.3) is 0 Å². The molecule has 0 atom stereocenters. The highest BCUT2D eigenvalue weighted by Gasteiger charge is 2.09. The number of aromatic nitrogens is 6. The number of nitrogens with zero attached hydrogens (tertiary/aromatic N) is 6. The average Bonchev–Trinajstić information content (AvgIpc) is 3.22. The lowest BCUT2D eigenvalue weighted by atomic mass is 10.1. The van der Waals surface area contributed by atoms with Crippen LogP contribution in [0.4, 0.5) is 0 Å². The van der Waals surface area contributed by atoms with E-state index in [0.717, 1.165) is 43.5 Å². The van der Waals surface area contributed by atoms with Gasteiger partial charge in [-0.15, -0.1) is 15.3 Å². The molecule has 134 valence electrons. The van der Waals surface area contributed by atoms with Crippen LogP contribution in [0.3, 0.4) is 0 Å². The largest absolute Gasteiger partial charge is 0.395 e. The van der Waals surface area contributed by atoms with Crippen LogP contribution in [0, 0.1) is 0 Å². The zero-order valence-corrected chi connectivity index (χ0v) is 14.5. The second-order valence-electron chi connectivity index (χ2n) is 5.74. The second kappa shape index (κ2) is 9.97. The van der Waals surface area contributed by atoms with Crippen molar-refractivity contribution in [1.29, 1.82) is 0 Å². The topological polar surface area (TPSA) is 102 Å². The summed E-state index contributed by atoms with van der Waals surface area (Å²) in [4.78, 5) is 5.54. The van der Waals surface area contributed by atoms with Crippen molar-refractivity contribution in [2.45, 2.75) is 32.1 Å². The van der Waals surface area contributed by atoms with Crippen LogP contribution in [0.25, 0.3) is 0 Å². The van der Waals surface area contributed by atoms with E-state index in [1.165, 1.54) is 0 Å². The third-order valence-corrected chi connectivity index (χ3v) is 3.79. The zero-order chi connectivity index (χ0) is 17.9. The molecule has 0 amide bonds. The van der Waals surface area contributed by atoms with Gasteiger partial charge in [-0.25, -0.2) is 0 Å². The van der Waals surface area contributed by atoms with Gasteiger partial charge in [0.1, 0.15) is 18.0 Å². The summed E-state index contributed by atoms with van der Waals surface area (Å²) >= 11 is 0. The summed E-state index contributed by atoms with van der Waals surface area (Å²) in [6.07, 6.45) is 6.63. The van der Waals surface area contributed by atoms with E-state index in [4.69, 9.17) is 4.84 Å². The van der Waals surface area contributed by atoms with Crippen LogP contribution in [-0.4, -0.2) is 43.1 Å². The van der Waals surface area contributed by atoms with Crippen molar-refractivity contribution >= 4 is 5.71 Å². The normalized spacial score (nSPS) is 11.5. The van der Waals surface area contributed by atoms with Gasteiger partial charge in [-0.2, -0.15) is 10.3 Å². The molecule has 0 unspecified atom stereocenters. The molecule has 0 aliphatic carbocycles. The molecule has 8 heteroatoms. The number of H-pyrrole nitrogens is 1. The van der Waals surface area contributed by atoms with Crippen molar-refractivity contribution in [1.82, 2.24) is 30.8 Å². The van der Waals surface area contributed by atoms with Gasteiger partial charge in [-0.3, -0.25) is 0 Å². The van der Waals surface area contributed by atoms with Gasteiger partial charge in [0, 0.05) is 18.2 Å². The van der Waals surface area contributed by atoms with Crippen LogP contribution in [0.1, 0.15) is 42.8 Å². The van der Waals surface area contributed by atoms with Gasteiger partial charge >= 0.3 is 0 Å². The molecular weight excluding hydrogens is 330 g/mol. The lowest BCUT2D eigenvalue weighted by molar-refractivity contribution is 0.140. The SMILES string of the molecule is c1ccc(/C(=N/OCCCCCCc2nn[nH]n2)c2cccnn2)cc1. The first kappa shape index (κ1) is 17.7. The van der Waals surface area contributed by atoms with Gasteiger partial charge in [-0.05, 0) is 31.4 Å². The Morgan fingerprint density at radius 3 is 2.62 bits per heavy atom. The molecule has 3 aromatic rings. The van der Waals surface area contributed by atoms with Crippen molar-refractivity contribution in [3.63, 3.8) is 0 Å². The summed E-state index contributed by atoms with van der Waals surface area (Å²) in [5, 5.41) is 26.3. The van der Waals surface area contributed by atoms with Crippen LogP contribution < -0.4 is 0 Å². The van der Waals surface area contributed by atoms with Gasteiger partial charge in [0.05, 0.1) is 0 Å². The summed E-state index contributed by atoms with van der Waals surface area (Å²) in [6, 6.07) is 13.6. The van der Waals surface area contributed by atoms with E-state index in [0.29, 0.717) is 18.0 Å². The second-order valence-corrected chi connectivity index (χ2v) is 5.74. The number of hydrogen-bond donors (Lipinski definition) is 1. The third kappa shape index (κ3) is 5.44. The van der Waals surface area contributed by atoms with E-state index in [-0.39, 0.29) is 0 Å². The van der Waals surface area contributed by atoms with Gasteiger partial charge in [-0.1, -0.05) is 47.1 Å². The summed E-state index contributed by atoms with van der Waals surface area (Å²) in [6.45, 7) is 0.568. The number of nitrogens with one attached hydrogen (secondary N) is 1. The number of unbranched alkanes of at least 4 members (excludes halogenated alkanes) is 3. The van der Waals surface area contributed by atoms with E-state index in [2.05, 4.69) is 36.0 Å². The highest BCUT2D eigenvalue weighted by Crippen LogP contribution is 2.09. The molecule has 2 aromatic heterocycles. The van der Waals surface area contributed by atoms with Crippen molar-refractivity contribution in [3.8, 4) is 0 Å². The van der Waals surface area contributed by atoms with Crippen molar-refractivity contribution in [2.75, 3.05) is 6.61 Å². The highest BCUT2D eigenvalue weighted by molar-refractivity contribution is 6.11. The number of aromatic amines is 1. The smallest absolute Gasteiger partial charge is 0.174 e. The molecule has 0 saturated heterocycles. The third-order valence-electron chi connectivity index (χ3n) is 3.79. The standard InChI is InChI=1S/C18H21N7O/c1(6-12-17-21-24-25-22-17)2-7-14-26-23-18(15-9-4-3-5-10-15)16-11-8-13-19-20-16/h3-5,8-11,13H,1-2,6-7,12,14H2,(H,21,22,24,25)/b23-18-. The Balaban J connectivity index is 1.45. The quantitative estimate of drug-likeness (QED) is 0.342. The molecule has 8 nitrogen and oxygen atoms in total. The van der Waals surface area contributed by atoms with E-state index in [1.807, 2.05) is 42.5 Å². The first-order valence-corrected chi connectivity index (χ1v) is 8.69. The Hall–Kier alpha value is -3.16. The number of hydrogen-bond acceptors (Lipinski definition) is 7. The van der Waals surface area contributed by atoms with E-state index in [1.54, 1.807) is 6.20 Å². The summed E-state index contributed by atoms with van der Waals surface area (Å²) < 4.78 is 0. The molecule has 0 aliphatic rings. The summed E-state index contributed by atoms with van der Waals surface area (Å²) in [5.74, 6) is 0.766. The molecular formula is C18H21N7O. The number of tetrazole rings is 1. The molecule has 0 spiro atoms. The monoisotopic (exact) mass is 351 g/mol. The minimum absolute atomic E-state index is 0.568. The predicted molar refractivity (Wildman–Crippen MR) is 96.4 cm³/mol. The van der Waals surface area contributed by atoms with Crippen molar-refractivity contribution < 1.29 is 4.84 Å². The molecule has 0 fully saturated rings. The maximum absolute atomic E-state index is 5.54. The number of benzene rings is 1. The highest BCUT2D eigenvalue weighted by atomic mass is 16.6. The molecule has 1 aromatic carbocycles. The molecule has 2 heterocycles. The van der Waals surface area contributed by atoms with Gasteiger partial charge in [0.2, 0.25) is 0 Å². The van der Waals surface area contributed by atoms with Crippen molar-refractivity contribution in [3.05, 3.63) is 65.7 Å². The maximum atomic E-state index is 5.54. The van der Waals surface area contributed by atoms with E-state index >= 15 is 0 Å². The van der Waals surface area contributed by atoms with E-state index in [9.17, 15) is 0 Å². The Morgan fingerprint density at radius 2 is 1.85 bits per heavy atom. The molecule has 0 bridgehead atoms. The fraction of sp³-hybridized carbons (Fsp3) is 0.333. The lowest BCUT2D eigenvalue weighted by Gasteiger charge is -2.06. The maximum Gasteiger partial charge on any atom is 0.174 e. The Labute approximate surface area is 151 Å². The molecule has 0 aliphatic heterocycles. The lowest BCUT2D eigenvalue weighted by Crippen LogP contribution is -2.07. The van der Waals surface area contributed by atoms with Gasteiger partial charge in [0.15, 0.2) is 5.82 Å². The van der Waals surface area contributed by atoms with Crippen molar-refractivity contribution in [2.24, 2.45) is 5.16 Å².